The lowest BCUT2D eigenvalue weighted by molar-refractivity contribution is 0.263. The van der Waals surface area contributed by atoms with Crippen molar-refractivity contribution in [2.75, 3.05) is 39.6 Å². The molecule has 0 spiro atoms. The van der Waals surface area contributed by atoms with E-state index in [4.69, 9.17) is 28.4 Å². The van der Waals surface area contributed by atoms with E-state index in [-0.39, 0.29) is 12.2 Å². The summed E-state index contributed by atoms with van der Waals surface area (Å²) in [6.07, 6.45) is 11.1. The van der Waals surface area contributed by atoms with Crippen LogP contribution in [0.15, 0.2) is 107 Å². The van der Waals surface area contributed by atoms with Gasteiger partial charge < -0.3 is 28.4 Å². The number of ether oxygens (including phenoxy) is 6. The van der Waals surface area contributed by atoms with Crippen LogP contribution < -0.4 is 18.9 Å². The number of unbranched alkanes of at least 4 members (excludes halogenated alkanes) is 5. The van der Waals surface area contributed by atoms with Crippen molar-refractivity contribution in [3.05, 3.63) is 108 Å². The van der Waals surface area contributed by atoms with Crippen LogP contribution in [0, 0.1) is 0 Å². The van der Waals surface area contributed by atoms with Crippen molar-refractivity contribution < 1.29 is 28.4 Å². The Bertz CT molecular complexity index is 1440. The van der Waals surface area contributed by atoms with Crippen molar-refractivity contribution >= 4 is 23.8 Å². The summed E-state index contributed by atoms with van der Waals surface area (Å²) in [7, 11) is 0. The zero-order valence-electron chi connectivity index (χ0n) is 27.4. The van der Waals surface area contributed by atoms with Crippen LogP contribution in [-0.4, -0.2) is 64.3 Å². The summed E-state index contributed by atoms with van der Waals surface area (Å²) in [4.78, 5) is 9.11. The van der Waals surface area contributed by atoms with Crippen LogP contribution in [0.2, 0.25) is 0 Å². The topological polar surface area (TPSA) is 86.7 Å². The average molecular weight is 649 g/mol. The number of epoxide rings is 2. The van der Waals surface area contributed by atoms with Crippen molar-refractivity contribution in [3.63, 3.8) is 0 Å². The molecule has 0 amide bonds. The first-order valence-corrected chi connectivity index (χ1v) is 17.0. The fourth-order valence-electron chi connectivity index (χ4n) is 4.85. The van der Waals surface area contributed by atoms with Gasteiger partial charge in [0.2, 0.25) is 0 Å². The Kier molecular flexibility index (Phi) is 12.5. The van der Waals surface area contributed by atoms with Gasteiger partial charge in [0.05, 0.1) is 37.8 Å². The molecule has 4 aromatic rings. The van der Waals surface area contributed by atoms with Gasteiger partial charge in [-0.25, -0.2) is 0 Å². The van der Waals surface area contributed by atoms with E-state index in [1.54, 1.807) is 0 Å². The monoisotopic (exact) mass is 648 g/mol. The number of aliphatic imine (C=N–C) groups is 2. The molecule has 0 radical (unpaired) electrons. The van der Waals surface area contributed by atoms with Crippen LogP contribution in [0.1, 0.15) is 49.7 Å². The van der Waals surface area contributed by atoms with Crippen LogP contribution >= 0.6 is 0 Å². The lowest BCUT2D eigenvalue weighted by Crippen LogP contribution is -2.03. The number of hydrogen-bond donors (Lipinski definition) is 0. The summed E-state index contributed by atoms with van der Waals surface area (Å²) in [6, 6.07) is 31.7. The molecule has 2 aliphatic rings. The number of benzene rings is 4. The summed E-state index contributed by atoms with van der Waals surface area (Å²) in [5.41, 5.74) is 3.83. The smallest absolute Gasteiger partial charge is 0.119 e. The quantitative estimate of drug-likeness (QED) is 0.0511. The van der Waals surface area contributed by atoms with Crippen LogP contribution in [0.3, 0.4) is 0 Å². The molecule has 2 unspecified atom stereocenters. The zero-order chi connectivity index (χ0) is 32.6. The molecular weight excluding hydrogens is 604 g/mol. The lowest BCUT2D eigenvalue weighted by Gasteiger charge is -2.07. The zero-order valence-corrected chi connectivity index (χ0v) is 27.4. The predicted octanol–water partition coefficient (Wildman–Crippen LogP) is 8.54. The third-order valence-corrected chi connectivity index (χ3v) is 7.91. The predicted molar refractivity (Wildman–Crippen MR) is 189 cm³/mol. The highest BCUT2D eigenvalue weighted by molar-refractivity contribution is 5.82. The van der Waals surface area contributed by atoms with Gasteiger partial charge in [0, 0.05) is 12.4 Å². The summed E-state index contributed by atoms with van der Waals surface area (Å²) in [5, 5.41) is 0. The first kappa shape index (κ1) is 33.2. The molecule has 48 heavy (non-hydrogen) atoms. The molecule has 0 aromatic heterocycles. The largest absolute Gasteiger partial charge is 0.494 e. The maximum absolute atomic E-state index is 5.94. The van der Waals surface area contributed by atoms with E-state index in [0.717, 1.165) is 84.8 Å². The Morgan fingerprint density at radius 2 is 0.792 bits per heavy atom. The van der Waals surface area contributed by atoms with Crippen LogP contribution in [0.4, 0.5) is 11.4 Å². The molecule has 250 valence electrons. The van der Waals surface area contributed by atoms with E-state index in [1.165, 1.54) is 25.7 Å². The second-order valence-electron chi connectivity index (χ2n) is 12.0. The molecule has 8 nitrogen and oxygen atoms in total. The normalized spacial score (nSPS) is 16.7. The van der Waals surface area contributed by atoms with Crippen molar-refractivity contribution in [2.45, 2.75) is 50.7 Å². The van der Waals surface area contributed by atoms with Gasteiger partial charge in [0.1, 0.15) is 48.4 Å². The van der Waals surface area contributed by atoms with Crippen molar-refractivity contribution in [1.29, 1.82) is 0 Å². The Morgan fingerprint density at radius 1 is 0.458 bits per heavy atom. The second kappa shape index (κ2) is 18.0. The van der Waals surface area contributed by atoms with Gasteiger partial charge in [-0.15, -0.1) is 0 Å². The minimum absolute atomic E-state index is 0.255. The molecule has 2 aliphatic heterocycles. The molecule has 0 aliphatic carbocycles. The first-order valence-electron chi connectivity index (χ1n) is 17.0. The van der Waals surface area contributed by atoms with E-state index < -0.39 is 0 Å². The highest BCUT2D eigenvalue weighted by atomic mass is 16.6. The van der Waals surface area contributed by atoms with E-state index >= 15 is 0 Å². The fraction of sp³-hybridized carbons (Fsp3) is 0.350. The average Bonchev–Trinajstić information content (AvgIpc) is 4.07. The molecule has 8 heteroatoms. The first-order chi connectivity index (χ1) is 23.7. The van der Waals surface area contributed by atoms with E-state index in [0.29, 0.717) is 13.2 Å². The summed E-state index contributed by atoms with van der Waals surface area (Å²) >= 11 is 0. The second-order valence-corrected chi connectivity index (χ2v) is 12.0. The van der Waals surface area contributed by atoms with Crippen molar-refractivity contribution in [2.24, 2.45) is 9.98 Å². The summed E-state index contributed by atoms with van der Waals surface area (Å²) in [6.45, 7) is 4.27. The molecule has 0 N–H and O–H groups in total. The Labute approximate surface area is 283 Å². The number of rotatable bonds is 21. The minimum atomic E-state index is 0.255. The third-order valence-electron chi connectivity index (χ3n) is 7.91. The molecule has 6 rings (SSSR count). The van der Waals surface area contributed by atoms with Gasteiger partial charge in [0.25, 0.3) is 0 Å². The van der Waals surface area contributed by atoms with Gasteiger partial charge in [-0.1, -0.05) is 25.7 Å². The van der Waals surface area contributed by atoms with Crippen LogP contribution in [0.25, 0.3) is 0 Å². The molecule has 0 bridgehead atoms. The Morgan fingerprint density at radius 3 is 1.17 bits per heavy atom. The van der Waals surface area contributed by atoms with Crippen molar-refractivity contribution in [3.8, 4) is 23.0 Å². The Hall–Kier alpha value is -4.66. The van der Waals surface area contributed by atoms with E-state index in [9.17, 15) is 0 Å². The highest BCUT2D eigenvalue weighted by Gasteiger charge is 2.23. The van der Waals surface area contributed by atoms with Crippen LogP contribution in [0.5, 0.6) is 23.0 Å². The third kappa shape index (κ3) is 12.2. The standard InChI is InChI=1S/C40H44N2O6/c1(3-5-23-43-35-15-7-31(8-16-35)25-41-33-11-19-37(20-12-33)45-27-39-29-47-39)2-4-6-24-44-36-17-9-32(10-18-36)26-42-34-13-21-38(22-14-34)46-28-40-30-48-40/h7-22,25-26,39-40H,1-6,23-24,27-30H2. The summed E-state index contributed by atoms with van der Waals surface area (Å²) in [5.74, 6) is 3.45. The van der Waals surface area contributed by atoms with Gasteiger partial charge in [-0.3, -0.25) is 9.98 Å². The number of hydrogen-bond acceptors (Lipinski definition) is 8. The van der Waals surface area contributed by atoms with E-state index in [2.05, 4.69) is 9.98 Å². The molecule has 2 heterocycles. The number of nitrogens with zero attached hydrogens (tertiary/aromatic N) is 2. The van der Waals surface area contributed by atoms with Gasteiger partial charge in [0.15, 0.2) is 0 Å². The Balaban J connectivity index is 0.768. The molecule has 2 fully saturated rings. The van der Waals surface area contributed by atoms with Gasteiger partial charge in [-0.2, -0.15) is 0 Å². The van der Waals surface area contributed by atoms with Crippen molar-refractivity contribution in [1.82, 2.24) is 0 Å². The van der Waals surface area contributed by atoms with E-state index in [1.807, 2.05) is 109 Å². The lowest BCUT2D eigenvalue weighted by atomic mass is 10.1. The molecular formula is C40H44N2O6. The highest BCUT2D eigenvalue weighted by Crippen LogP contribution is 2.22. The van der Waals surface area contributed by atoms with Crippen LogP contribution in [-0.2, 0) is 9.47 Å². The molecule has 4 aromatic carbocycles. The molecule has 0 saturated carbocycles. The SMILES string of the molecule is C(=Nc1ccc(OCC2CO2)cc1)c1ccc(OCCCCCCCCOc2ccc(C=Nc3ccc(OCC4CO4)cc3)cc2)cc1. The maximum Gasteiger partial charge on any atom is 0.119 e. The molecule has 2 saturated heterocycles. The minimum Gasteiger partial charge on any atom is -0.494 e. The maximum atomic E-state index is 5.94. The van der Waals surface area contributed by atoms with Gasteiger partial charge >= 0.3 is 0 Å². The van der Waals surface area contributed by atoms with Gasteiger partial charge in [-0.05, 0) is 121 Å². The summed E-state index contributed by atoms with van der Waals surface area (Å²) < 4.78 is 33.6. The fourth-order valence-corrected chi connectivity index (χ4v) is 4.85. The molecule has 2 atom stereocenters.